The van der Waals surface area contributed by atoms with E-state index in [1.54, 1.807) is 35.4 Å². The summed E-state index contributed by atoms with van der Waals surface area (Å²) >= 11 is 12.8. The Kier molecular flexibility index (Phi) is 12.8. The van der Waals surface area contributed by atoms with Crippen molar-refractivity contribution in [3.05, 3.63) is 93.8 Å². The molecule has 27 heteroatoms. The summed E-state index contributed by atoms with van der Waals surface area (Å²) in [5, 5.41) is 23.0. The number of imidazole rings is 3. The number of aliphatic hydroxyl groups is 1. The molecule has 1 aromatic carbocycles. The standard InChI is InChI=1S/C42H50FN11O10P2S3/c1-5-28-26(16-29(28)52-21-47-32-35(44)45-20-46-36(32)52)18-60-65(59,67)63-34-31(43)30(19-61-66(68)64-42(56)17-25(23(2)3)10-12-41(42,4)69-66)62-39(34)53-22-48-33-37(53)49-40-50(14-15-51(40)38(33)55)13-11-24-6-8-27(9-7-24)54(57)58/h6-9,14-15,20-22,25-26,28-31,34,39,56H,2,5,10-13,16-19H2,1,3-4H3,(H,59,67)(H2,44,45,46)/t25-,26-,28-,29-,30-,31-,34-,39-,41+,42+,65?,66?/m1/s1. The number of hydrogen-bond donors (Lipinski definition) is 3. The highest BCUT2D eigenvalue weighted by molar-refractivity contribution is 8.68. The van der Waals surface area contributed by atoms with Gasteiger partial charge in [0.25, 0.3) is 16.9 Å². The number of nitro groups is 1. The molecule has 2 saturated carbocycles. The Morgan fingerprint density at radius 2 is 1.91 bits per heavy atom. The monoisotopic (exact) mass is 1050 g/mol. The normalized spacial score (nSPS) is 32.1. The van der Waals surface area contributed by atoms with E-state index < -0.39 is 64.6 Å². The van der Waals surface area contributed by atoms with Crippen LogP contribution in [0.3, 0.4) is 0 Å². The van der Waals surface area contributed by atoms with Crippen LogP contribution in [0.1, 0.15) is 70.7 Å². The van der Waals surface area contributed by atoms with E-state index in [1.165, 1.54) is 45.1 Å². The predicted octanol–water partition coefficient (Wildman–Crippen LogP) is 6.69. The molecule has 10 rings (SSSR count). The van der Waals surface area contributed by atoms with E-state index in [2.05, 4.69) is 26.5 Å². The lowest BCUT2D eigenvalue weighted by Gasteiger charge is -2.45. The predicted molar refractivity (Wildman–Crippen MR) is 261 cm³/mol. The second kappa shape index (κ2) is 18.2. The Morgan fingerprint density at radius 1 is 1.16 bits per heavy atom. The average Bonchev–Trinajstić information content (AvgIpc) is 4.11. The minimum atomic E-state index is -4.23. The maximum absolute atomic E-state index is 17.2. The zero-order chi connectivity index (χ0) is 48.8. The van der Waals surface area contributed by atoms with Crippen molar-refractivity contribution in [3.63, 3.8) is 0 Å². The molecule has 2 aliphatic carbocycles. The Morgan fingerprint density at radius 3 is 2.65 bits per heavy atom. The van der Waals surface area contributed by atoms with Crippen molar-refractivity contribution in [1.82, 2.24) is 43.0 Å². The van der Waals surface area contributed by atoms with Crippen molar-refractivity contribution in [2.75, 3.05) is 18.9 Å². The zero-order valence-electron chi connectivity index (χ0n) is 37.6. The van der Waals surface area contributed by atoms with Crippen LogP contribution in [0, 0.1) is 27.9 Å². The molecule has 0 bridgehead atoms. The third kappa shape index (κ3) is 8.79. The number of nitrogens with two attached hydrogens (primary N) is 1. The number of benzene rings is 1. The van der Waals surface area contributed by atoms with E-state index in [0.29, 0.717) is 37.0 Å². The van der Waals surface area contributed by atoms with Gasteiger partial charge in [-0.05, 0) is 86.5 Å². The molecule has 6 aromatic rings. The van der Waals surface area contributed by atoms with Gasteiger partial charge in [0.1, 0.15) is 24.1 Å². The summed E-state index contributed by atoms with van der Waals surface area (Å²) in [6, 6.07) is 6.19. The molecule has 0 radical (unpaired) electrons. The third-order valence-corrected chi connectivity index (χ3v) is 21.5. The maximum Gasteiger partial charge on any atom is 0.325 e. The zero-order valence-corrected chi connectivity index (χ0v) is 41.8. The molecule has 4 N–H and O–H groups in total. The van der Waals surface area contributed by atoms with Crippen molar-refractivity contribution >= 4 is 87.0 Å². The van der Waals surface area contributed by atoms with Gasteiger partial charge in [-0.25, -0.2) is 28.7 Å². The minimum Gasteiger partial charge on any atom is -0.382 e. The lowest BCUT2D eigenvalue weighted by molar-refractivity contribution is -0.384. The van der Waals surface area contributed by atoms with E-state index >= 15 is 4.39 Å². The van der Waals surface area contributed by atoms with Crippen molar-refractivity contribution in [1.29, 1.82) is 0 Å². The summed E-state index contributed by atoms with van der Waals surface area (Å²) in [4.78, 5) is 58.4. The van der Waals surface area contributed by atoms with E-state index in [1.807, 2.05) is 25.3 Å². The van der Waals surface area contributed by atoms with Gasteiger partial charge in [0.05, 0.1) is 35.5 Å². The molecule has 12 atom stereocenters. The number of nitro benzene ring substituents is 1. The largest absolute Gasteiger partial charge is 0.382 e. The van der Waals surface area contributed by atoms with Crippen LogP contribution < -0.4 is 11.3 Å². The molecule has 7 heterocycles. The number of fused-ring (bicyclic) bond motifs is 4. The van der Waals surface area contributed by atoms with Gasteiger partial charge in [-0.1, -0.05) is 49.0 Å². The first kappa shape index (κ1) is 48.5. The Balaban J connectivity index is 0.907. The van der Waals surface area contributed by atoms with Crippen LogP contribution in [0.15, 0.2) is 72.6 Å². The Bertz CT molecular complexity index is 3160. The molecule has 5 aromatic heterocycles. The van der Waals surface area contributed by atoms with Gasteiger partial charge in [0, 0.05) is 43.5 Å². The molecule has 69 heavy (non-hydrogen) atoms. The Labute approximate surface area is 407 Å². The molecule has 368 valence electrons. The molecule has 2 saturated heterocycles. The van der Waals surface area contributed by atoms with Crippen LogP contribution in [-0.4, -0.2) is 100 Å². The number of non-ortho nitro benzene ring substituents is 1. The SMILES string of the molecule is C=C(C)[C@@H]1CC[C@]2(C)SP(=S)(OC[C@H]3O[C@@H](n4cnc5c(=O)n6ccn(CCc7ccc([N+](=O)[O-])cc7)c6nc54)[C@H](OP(O)(=S)OC[C@H]4C[C@@H](n5cnc6c(N)ncnc65)[C@@H]4CC)[C@@H]3F)O[C@@]2(O)C1. The number of anilines is 1. The lowest BCUT2D eigenvalue weighted by atomic mass is 9.68. The molecule has 2 unspecified atom stereocenters. The summed E-state index contributed by atoms with van der Waals surface area (Å²) in [5.41, 5.74) is 5.07. The number of rotatable bonds is 16. The second-order valence-corrected chi connectivity index (χ2v) is 27.7. The number of alkyl halides is 1. The van der Waals surface area contributed by atoms with Crippen LogP contribution in [-0.2, 0) is 59.4 Å². The number of halogens is 1. The third-order valence-electron chi connectivity index (χ3n) is 14.1. The fourth-order valence-electron chi connectivity index (χ4n) is 10.1. The van der Waals surface area contributed by atoms with E-state index in [9.17, 15) is 24.9 Å². The molecule has 4 aliphatic rings. The summed E-state index contributed by atoms with van der Waals surface area (Å²) in [6.07, 6.45) is 4.70. The van der Waals surface area contributed by atoms with E-state index in [4.69, 9.17) is 57.2 Å². The van der Waals surface area contributed by atoms with Gasteiger partial charge >= 0.3 is 6.72 Å². The number of hydrogen-bond acceptors (Lipinski definition) is 18. The van der Waals surface area contributed by atoms with Crippen LogP contribution in [0.5, 0.6) is 0 Å². The highest BCUT2D eigenvalue weighted by Gasteiger charge is 2.63. The van der Waals surface area contributed by atoms with Crippen molar-refractivity contribution in [2.24, 2.45) is 17.8 Å². The first-order valence-corrected chi connectivity index (χ1v) is 29.0. The molecule has 21 nitrogen and oxygen atoms in total. The van der Waals surface area contributed by atoms with Gasteiger partial charge in [0.15, 0.2) is 40.8 Å². The molecular formula is C42H50FN11O10P2S3. The average molecular weight is 1050 g/mol. The van der Waals surface area contributed by atoms with Gasteiger partial charge in [0.2, 0.25) is 5.78 Å². The quantitative estimate of drug-likeness (QED) is 0.0395. The number of allylic oxidation sites excluding steroid dienone is 1. The molecule has 0 spiro atoms. The highest BCUT2D eigenvalue weighted by atomic mass is 32.9. The Hall–Kier alpha value is -4.10. The van der Waals surface area contributed by atoms with Gasteiger partial charge in [-0.15, -0.1) is 0 Å². The van der Waals surface area contributed by atoms with Crippen LogP contribution in [0.2, 0.25) is 0 Å². The number of nitrogens with zero attached hydrogens (tertiary/aromatic N) is 10. The lowest BCUT2D eigenvalue weighted by Crippen LogP contribution is -2.51. The van der Waals surface area contributed by atoms with Crippen LogP contribution >= 0.6 is 23.8 Å². The number of aromatic nitrogens is 9. The number of ether oxygens (including phenoxy) is 1. The number of aryl methyl sites for hydroxylation is 2. The first-order chi connectivity index (χ1) is 32.8. The molecule has 4 fully saturated rings. The fraction of sp³-hybridized carbons (Fsp3) is 0.524. The maximum atomic E-state index is 17.2. The molecule has 0 amide bonds. The second-order valence-electron chi connectivity index (χ2n) is 18.4. The topological polar surface area (TPSA) is 256 Å². The van der Waals surface area contributed by atoms with Gasteiger partial charge < -0.3 is 38.7 Å². The summed E-state index contributed by atoms with van der Waals surface area (Å²) < 4.78 is 53.8. The van der Waals surface area contributed by atoms with Crippen molar-refractivity contribution in [2.45, 2.75) is 107 Å². The van der Waals surface area contributed by atoms with Crippen molar-refractivity contribution in [3.8, 4) is 0 Å². The number of nitrogen functional groups attached to an aromatic ring is 1. The first-order valence-electron chi connectivity index (χ1n) is 22.4. The summed E-state index contributed by atoms with van der Waals surface area (Å²) in [7, 11) is 0. The fourth-order valence-corrected chi connectivity index (χ4v) is 18.7. The summed E-state index contributed by atoms with van der Waals surface area (Å²) in [6.45, 7) is 5.65. The van der Waals surface area contributed by atoms with Crippen LogP contribution in [0.25, 0.3) is 28.1 Å². The van der Waals surface area contributed by atoms with Crippen molar-refractivity contribution < 1.29 is 42.1 Å². The minimum absolute atomic E-state index is 0.0148. The van der Waals surface area contributed by atoms with Crippen LogP contribution in [0.4, 0.5) is 15.9 Å². The van der Waals surface area contributed by atoms with E-state index in [0.717, 1.165) is 24.0 Å². The highest BCUT2D eigenvalue weighted by Crippen LogP contribution is 2.78. The molecule has 2 aliphatic heterocycles. The summed E-state index contributed by atoms with van der Waals surface area (Å²) in [5.74, 6) is -1.02. The van der Waals surface area contributed by atoms with E-state index in [-0.39, 0.29) is 65.3 Å². The smallest absolute Gasteiger partial charge is 0.325 e. The molecular weight excluding hydrogens is 996 g/mol. The van der Waals surface area contributed by atoms with Gasteiger partial charge in [-0.2, -0.15) is 4.98 Å². The van der Waals surface area contributed by atoms with Gasteiger partial charge in [-0.3, -0.25) is 28.5 Å².